The van der Waals surface area contributed by atoms with E-state index in [4.69, 9.17) is 11.6 Å². The normalized spacial score (nSPS) is 14.4. The van der Waals surface area contributed by atoms with Gasteiger partial charge in [-0.2, -0.15) is 0 Å². The van der Waals surface area contributed by atoms with E-state index in [-0.39, 0.29) is 5.91 Å². The number of anilines is 1. The molecular weight excluding hydrogens is 336 g/mol. The number of nitrogens with zero attached hydrogens (tertiary/aromatic N) is 3. The summed E-state index contributed by atoms with van der Waals surface area (Å²) in [5.41, 5.74) is 1.53. The predicted molar refractivity (Wildman–Crippen MR) is 100 cm³/mol. The third kappa shape index (κ3) is 4.92. The number of aryl methyl sites for hydroxylation is 1. The molecule has 1 aliphatic rings. The molecule has 25 heavy (non-hydrogen) atoms. The van der Waals surface area contributed by atoms with Crippen LogP contribution in [-0.2, 0) is 6.42 Å². The van der Waals surface area contributed by atoms with E-state index in [1.165, 1.54) is 19.3 Å². The van der Waals surface area contributed by atoms with Gasteiger partial charge in [-0.1, -0.05) is 23.7 Å². The molecule has 6 heteroatoms. The molecule has 0 bridgehead atoms. The van der Waals surface area contributed by atoms with Crippen LogP contribution in [-0.4, -0.2) is 35.5 Å². The quantitative estimate of drug-likeness (QED) is 0.889. The van der Waals surface area contributed by atoms with Crippen LogP contribution < -0.4 is 10.2 Å². The van der Waals surface area contributed by atoms with Crippen molar-refractivity contribution in [3.63, 3.8) is 0 Å². The van der Waals surface area contributed by atoms with Gasteiger partial charge in [-0.3, -0.25) is 4.79 Å². The van der Waals surface area contributed by atoms with Gasteiger partial charge in [-0.05, 0) is 50.3 Å². The Bertz CT molecular complexity index is 744. The summed E-state index contributed by atoms with van der Waals surface area (Å²) in [5, 5.41) is 3.64. The molecule has 2 heterocycles. The number of piperidine rings is 1. The number of carbonyl (C=O) groups excluding carboxylic acids is 1. The van der Waals surface area contributed by atoms with E-state index >= 15 is 0 Å². The number of carbonyl (C=O) groups is 1. The van der Waals surface area contributed by atoms with Gasteiger partial charge < -0.3 is 10.2 Å². The van der Waals surface area contributed by atoms with Crippen LogP contribution in [0.3, 0.4) is 0 Å². The third-order valence-electron chi connectivity index (χ3n) is 4.33. The first-order valence-corrected chi connectivity index (χ1v) is 9.13. The minimum Gasteiger partial charge on any atom is -0.356 e. The van der Waals surface area contributed by atoms with Crippen LogP contribution in [0.25, 0.3) is 0 Å². The van der Waals surface area contributed by atoms with E-state index in [9.17, 15) is 4.79 Å². The smallest absolute Gasteiger partial charge is 0.270 e. The summed E-state index contributed by atoms with van der Waals surface area (Å²) in [7, 11) is 0. The Hall–Kier alpha value is -2.14. The van der Waals surface area contributed by atoms with Gasteiger partial charge in [-0.25, -0.2) is 9.97 Å². The number of amides is 1. The highest BCUT2D eigenvalue weighted by Crippen LogP contribution is 2.18. The molecule has 0 aliphatic carbocycles. The first kappa shape index (κ1) is 17.7. The van der Waals surface area contributed by atoms with E-state index in [2.05, 4.69) is 20.2 Å². The van der Waals surface area contributed by atoms with Crippen molar-refractivity contribution in [1.29, 1.82) is 0 Å². The van der Waals surface area contributed by atoms with Crippen molar-refractivity contribution in [2.75, 3.05) is 24.5 Å². The van der Waals surface area contributed by atoms with Gasteiger partial charge >= 0.3 is 0 Å². The maximum Gasteiger partial charge on any atom is 0.270 e. The van der Waals surface area contributed by atoms with Crippen LogP contribution in [0.1, 0.15) is 41.1 Å². The fourth-order valence-corrected chi connectivity index (χ4v) is 3.27. The Morgan fingerprint density at radius 1 is 1.20 bits per heavy atom. The van der Waals surface area contributed by atoms with Crippen LogP contribution in [0.4, 0.5) is 5.82 Å². The second-order valence-electron chi connectivity index (χ2n) is 6.34. The van der Waals surface area contributed by atoms with E-state index in [0.717, 1.165) is 30.9 Å². The van der Waals surface area contributed by atoms with Crippen molar-refractivity contribution in [1.82, 2.24) is 15.3 Å². The maximum atomic E-state index is 12.4. The second-order valence-corrected chi connectivity index (χ2v) is 6.78. The van der Waals surface area contributed by atoms with Crippen LogP contribution in [0.2, 0.25) is 5.02 Å². The summed E-state index contributed by atoms with van der Waals surface area (Å²) in [6.07, 6.45) is 4.33. The molecule has 1 fully saturated rings. The maximum absolute atomic E-state index is 12.4. The molecule has 0 unspecified atom stereocenters. The van der Waals surface area contributed by atoms with Gasteiger partial charge in [0, 0.05) is 30.7 Å². The summed E-state index contributed by atoms with van der Waals surface area (Å²) < 4.78 is 0. The van der Waals surface area contributed by atoms with Crippen molar-refractivity contribution in [3.05, 3.63) is 52.4 Å². The molecule has 5 nitrogen and oxygen atoms in total. The Morgan fingerprint density at radius 3 is 2.76 bits per heavy atom. The van der Waals surface area contributed by atoms with Gasteiger partial charge in [-0.15, -0.1) is 0 Å². The summed E-state index contributed by atoms with van der Waals surface area (Å²) in [6, 6.07) is 9.47. The summed E-state index contributed by atoms with van der Waals surface area (Å²) in [6.45, 7) is 4.36. The molecule has 3 rings (SSSR count). The standard InChI is InChI=1S/C19H23ClN4O/c1-14-22-17(13-18(23-14)24-10-3-2-4-11-24)19(25)21-9-8-15-6-5-7-16(20)12-15/h5-7,12-13H,2-4,8-11H2,1H3,(H,21,25). The molecular formula is C19H23ClN4O. The highest BCUT2D eigenvalue weighted by atomic mass is 35.5. The van der Waals surface area contributed by atoms with E-state index < -0.39 is 0 Å². The Balaban J connectivity index is 1.62. The summed E-state index contributed by atoms with van der Waals surface area (Å²) >= 11 is 5.98. The minimum atomic E-state index is -0.161. The van der Waals surface area contributed by atoms with E-state index in [0.29, 0.717) is 23.1 Å². The first-order valence-electron chi connectivity index (χ1n) is 8.75. The number of benzene rings is 1. The zero-order chi connectivity index (χ0) is 17.6. The van der Waals surface area contributed by atoms with Crippen molar-refractivity contribution < 1.29 is 4.79 Å². The molecule has 132 valence electrons. The average Bonchev–Trinajstić information content (AvgIpc) is 2.62. The molecule has 1 aromatic heterocycles. The summed E-state index contributed by atoms with van der Waals surface area (Å²) in [5.74, 6) is 1.32. The molecule has 1 aliphatic heterocycles. The van der Waals surface area contributed by atoms with Gasteiger partial charge in [0.2, 0.25) is 0 Å². The van der Waals surface area contributed by atoms with Crippen molar-refractivity contribution in [2.24, 2.45) is 0 Å². The van der Waals surface area contributed by atoms with Crippen LogP contribution in [0.5, 0.6) is 0 Å². The SMILES string of the molecule is Cc1nc(C(=O)NCCc2cccc(Cl)c2)cc(N2CCCCC2)n1. The molecule has 1 saturated heterocycles. The lowest BCUT2D eigenvalue weighted by atomic mass is 10.1. The van der Waals surface area contributed by atoms with E-state index in [1.54, 1.807) is 6.07 Å². The van der Waals surface area contributed by atoms with Gasteiger partial charge in [0.1, 0.15) is 17.3 Å². The topological polar surface area (TPSA) is 58.1 Å². The van der Waals surface area contributed by atoms with Crippen molar-refractivity contribution in [3.8, 4) is 0 Å². The van der Waals surface area contributed by atoms with Gasteiger partial charge in [0.05, 0.1) is 0 Å². The van der Waals surface area contributed by atoms with Crippen molar-refractivity contribution >= 4 is 23.3 Å². The molecule has 1 N–H and O–H groups in total. The second kappa shape index (κ2) is 8.30. The van der Waals surface area contributed by atoms with Crippen molar-refractivity contribution in [2.45, 2.75) is 32.6 Å². The number of halogens is 1. The molecule has 0 radical (unpaired) electrons. The summed E-state index contributed by atoms with van der Waals surface area (Å²) in [4.78, 5) is 23.5. The van der Waals surface area contributed by atoms with Crippen LogP contribution >= 0.6 is 11.6 Å². The van der Waals surface area contributed by atoms with E-state index in [1.807, 2.05) is 31.2 Å². The fourth-order valence-electron chi connectivity index (χ4n) is 3.06. The lowest BCUT2D eigenvalue weighted by Crippen LogP contribution is -2.32. The highest BCUT2D eigenvalue weighted by Gasteiger charge is 2.16. The Labute approximate surface area is 153 Å². The largest absolute Gasteiger partial charge is 0.356 e. The highest BCUT2D eigenvalue weighted by molar-refractivity contribution is 6.30. The molecule has 0 saturated carbocycles. The Morgan fingerprint density at radius 2 is 2.00 bits per heavy atom. The number of nitrogens with one attached hydrogen (secondary N) is 1. The third-order valence-corrected chi connectivity index (χ3v) is 4.56. The van der Waals surface area contributed by atoms with Crippen LogP contribution in [0, 0.1) is 6.92 Å². The minimum absolute atomic E-state index is 0.161. The molecule has 1 aromatic carbocycles. The zero-order valence-electron chi connectivity index (χ0n) is 14.5. The molecule has 1 amide bonds. The molecule has 2 aromatic rings. The lowest BCUT2D eigenvalue weighted by molar-refractivity contribution is 0.0948. The van der Waals surface area contributed by atoms with Crippen LogP contribution in [0.15, 0.2) is 30.3 Å². The Kier molecular flexibility index (Phi) is 5.87. The molecule has 0 spiro atoms. The average molecular weight is 359 g/mol. The number of rotatable bonds is 5. The fraction of sp³-hybridized carbons (Fsp3) is 0.421. The number of hydrogen-bond acceptors (Lipinski definition) is 4. The number of hydrogen-bond donors (Lipinski definition) is 1. The molecule has 0 atom stereocenters. The monoisotopic (exact) mass is 358 g/mol. The number of aromatic nitrogens is 2. The predicted octanol–water partition coefficient (Wildman–Crippen LogP) is 3.40. The lowest BCUT2D eigenvalue weighted by Gasteiger charge is -2.28. The van der Waals surface area contributed by atoms with Gasteiger partial charge in [0.25, 0.3) is 5.91 Å². The zero-order valence-corrected chi connectivity index (χ0v) is 15.2. The van der Waals surface area contributed by atoms with Gasteiger partial charge in [0.15, 0.2) is 0 Å². The first-order chi connectivity index (χ1) is 12.1.